The highest BCUT2D eigenvalue weighted by atomic mass is 32.1. The fourth-order valence-electron chi connectivity index (χ4n) is 3.11. The lowest BCUT2D eigenvalue weighted by atomic mass is 9.92. The van der Waals surface area contributed by atoms with Crippen LogP contribution in [0.2, 0.25) is 0 Å². The summed E-state index contributed by atoms with van der Waals surface area (Å²) in [6.07, 6.45) is 0.185. The van der Waals surface area contributed by atoms with E-state index in [1.54, 1.807) is 4.90 Å². The van der Waals surface area contributed by atoms with E-state index in [9.17, 15) is 9.59 Å². The smallest absolute Gasteiger partial charge is 0.338 e. The minimum Gasteiger partial charge on any atom is -0.459 e. The van der Waals surface area contributed by atoms with Crippen molar-refractivity contribution in [3.63, 3.8) is 0 Å². The van der Waals surface area contributed by atoms with Crippen molar-refractivity contribution in [1.82, 2.24) is 10.2 Å². The molecule has 0 aliphatic carbocycles. The van der Waals surface area contributed by atoms with Gasteiger partial charge in [0.15, 0.2) is 5.11 Å². The topological polar surface area (TPSA) is 70.7 Å². The molecular formula is C22H31N3O3S. The molecule has 1 aliphatic rings. The molecule has 0 bridgehead atoms. The lowest BCUT2D eigenvalue weighted by Crippen LogP contribution is -2.46. The normalized spacial score (nSPS) is 17.3. The lowest BCUT2D eigenvalue weighted by Gasteiger charge is -2.35. The summed E-state index contributed by atoms with van der Waals surface area (Å²) in [6.45, 7) is 11.6. The van der Waals surface area contributed by atoms with Crippen LogP contribution >= 0.6 is 12.2 Å². The number of nitrogens with one attached hydrogen (secondary N) is 2. The Morgan fingerprint density at radius 1 is 1.31 bits per heavy atom. The number of benzene rings is 1. The van der Waals surface area contributed by atoms with Crippen LogP contribution in [0.15, 0.2) is 35.5 Å². The van der Waals surface area contributed by atoms with Crippen molar-refractivity contribution in [1.29, 1.82) is 0 Å². The molecule has 1 unspecified atom stereocenters. The summed E-state index contributed by atoms with van der Waals surface area (Å²) in [5, 5.41) is 6.69. The summed E-state index contributed by atoms with van der Waals surface area (Å²) in [6, 6.07) is 7.00. The average molecular weight is 418 g/mol. The molecule has 1 aliphatic heterocycles. The third-order valence-corrected chi connectivity index (χ3v) is 4.90. The quantitative estimate of drug-likeness (QED) is 0.554. The van der Waals surface area contributed by atoms with E-state index in [-0.39, 0.29) is 23.4 Å². The first-order valence-corrected chi connectivity index (χ1v) is 10.2. The summed E-state index contributed by atoms with van der Waals surface area (Å²) in [4.78, 5) is 26.9. The SMILES string of the molecule is CC1=C(C(=O)OC(C)C)C(c2cccc(NC(=O)CC(C)(C)C)c2)NC(=S)N1C. The minimum atomic E-state index is -0.454. The molecule has 0 radical (unpaired) electrons. The van der Waals surface area contributed by atoms with Crippen molar-refractivity contribution >= 4 is 34.9 Å². The molecule has 2 rings (SSSR count). The van der Waals surface area contributed by atoms with E-state index in [1.165, 1.54) is 0 Å². The minimum absolute atomic E-state index is 0.0485. The Labute approximate surface area is 178 Å². The molecule has 7 heteroatoms. The van der Waals surface area contributed by atoms with Gasteiger partial charge in [0, 0.05) is 24.9 Å². The highest BCUT2D eigenvalue weighted by Gasteiger charge is 2.34. The van der Waals surface area contributed by atoms with Crippen molar-refractivity contribution in [2.24, 2.45) is 5.41 Å². The largest absolute Gasteiger partial charge is 0.459 e. The van der Waals surface area contributed by atoms with Gasteiger partial charge in [0.2, 0.25) is 5.91 Å². The number of carbonyl (C=O) groups is 2. The van der Waals surface area contributed by atoms with Gasteiger partial charge in [-0.15, -0.1) is 0 Å². The van der Waals surface area contributed by atoms with Gasteiger partial charge >= 0.3 is 5.97 Å². The Morgan fingerprint density at radius 2 is 1.97 bits per heavy atom. The fourth-order valence-corrected chi connectivity index (χ4v) is 3.37. The first-order valence-electron chi connectivity index (χ1n) is 9.75. The summed E-state index contributed by atoms with van der Waals surface area (Å²) in [7, 11) is 1.81. The maximum Gasteiger partial charge on any atom is 0.338 e. The Bertz CT molecular complexity index is 840. The number of hydrogen-bond donors (Lipinski definition) is 2. The van der Waals surface area contributed by atoms with Gasteiger partial charge in [-0.3, -0.25) is 4.79 Å². The number of anilines is 1. The first-order chi connectivity index (χ1) is 13.4. The van der Waals surface area contributed by atoms with Crippen molar-refractivity contribution in [3.05, 3.63) is 41.1 Å². The predicted octanol–water partition coefficient (Wildman–Crippen LogP) is 4.15. The van der Waals surface area contributed by atoms with Crippen LogP contribution in [0.3, 0.4) is 0 Å². The molecule has 0 saturated carbocycles. The summed E-state index contributed by atoms with van der Waals surface area (Å²) < 4.78 is 5.47. The van der Waals surface area contributed by atoms with E-state index in [0.717, 1.165) is 11.3 Å². The van der Waals surface area contributed by atoms with Gasteiger partial charge < -0.3 is 20.3 Å². The van der Waals surface area contributed by atoms with Crippen LogP contribution in [0, 0.1) is 5.41 Å². The van der Waals surface area contributed by atoms with E-state index in [2.05, 4.69) is 10.6 Å². The lowest BCUT2D eigenvalue weighted by molar-refractivity contribution is -0.143. The molecule has 158 valence electrons. The number of allylic oxidation sites excluding steroid dienone is 1. The van der Waals surface area contributed by atoms with Crippen molar-refractivity contribution < 1.29 is 14.3 Å². The zero-order valence-corrected chi connectivity index (χ0v) is 19.1. The summed E-state index contributed by atoms with van der Waals surface area (Å²) in [5.41, 5.74) is 2.65. The molecule has 0 saturated heterocycles. The molecule has 29 heavy (non-hydrogen) atoms. The number of nitrogens with zero attached hydrogens (tertiary/aromatic N) is 1. The second-order valence-corrected chi connectivity index (χ2v) is 9.19. The Morgan fingerprint density at radius 3 is 2.55 bits per heavy atom. The molecule has 0 spiro atoms. The zero-order valence-electron chi connectivity index (χ0n) is 18.3. The monoisotopic (exact) mass is 417 g/mol. The highest BCUT2D eigenvalue weighted by molar-refractivity contribution is 7.80. The van der Waals surface area contributed by atoms with Crippen LogP contribution in [0.25, 0.3) is 0 Å². The maximum absolute atomic E-state index is 12.8. The summed E-state index contributed by atoms with van der Waals surface area (Å²) in [5.74, 6) is -0.431. The molecule has 2 N–H and O–H groups in total. The fraction of sp³-hybridized carbons (Fsp3) is 0.500. The number of hydrogen-bond acceptors (Lipinski definition) is 4. The van der Waals surface area contributed by atoms with Gasteiger partial charge in [0.1, 0.15) is 0 Å². The third-order valence-electron chi connectivity index (χ3n) is 4.51. The molecule has 1 atom stereocenters. The number of amides is 1. The van der Waals surface area contributed by atoms with Crippen LogP contribution in [0.4, 0.5) is 5.69 Å². The molecule has 0 aromatic heterocycles. The third kappa shape index (κ3) is 6.03. The molecular weight excluding hydrogens is 386 g/mol. The zero-order chi connectivity index (χ0) is 21.9. The van der Waals surface area contributed by atoms with Crippen LogP contribution in [0.5, 0.6) is 0 Å². The van der Waals surface area contributed by atoms with E-state index in [0.29, 0.717) is 22.8 Å². The van der Waals surface area contributed by atoms with E-state index in [1.807, 2.05) is 72.9 Å². The van der Waals surface area contributed by atoms with Gasteiger partial charge in [0.05, 0.1) is 17.7 Å². The predicted molar refractivity (Wildman–Crippen MR) is 119 cm³/mol. The van der Waals surface area contributed by atoms with Gasteiger partial charge in [0.25, 0.3) is 0 Å². The van der Waals surface area contributed by atoms with Crippen LogP contribution in [-0.2, 0) is 14.3 Å². The molecule has 1 aromatic carbocycles. The van der Waals surface area contributed by atoms with E-state index >= 15 is 0 Å². The molecule has 0 fully saturated rings. The van der Waals surface area contributed by atoms with Crippen molar-refractivity contribution in [3.8, 4) is 0 Å². The van der Waals surface area contributed by atoms with Crippen LogP contribution in [0.1, 0.15) is 59.6 Å². The Balaban J connectivity index is 2.37. The highest BCUT2D eigenvalue weighted by Crippen LogP contribution is 2.32. The first kappa shape index (κ1) is 22.9. The molecule has 1 amide bonds. The van der Waals surface area contributed by atoms with Gasteiger partial charge in [-0.2, -0.15) is 0 Å². The van der Waals surface area contributed by atoms with Crippen LogP contribution < -0.4 is 10.6 Å². The average Bonchev–Trinajstić information content (AvgIpc) is 2.57. The second kappa shape index (κ2) is 8.95. The molecule has 1 aromatic rings. The Hall–Kier alpha value is -2.41. The van der Waals surface area contributed by atoms with E-state index < -0.39 is 6.04 Å². The number of carbonyl (C=O) groups excluding carboxylic acids is 2. The number of rotatable bonds is 5. The molecule has 1 heterocycles. The van der Waals surface area contributed by atoms with E-state index in [4.69, 9.17) is 17.0 Å². The van der Waals surface area contributed by atoms with Crippen molar-refractivity contribution in [2.45, 2.75) is 60.1 Å². The van der Waals surface area contributed by atoms with Crippen LogP contribution in [-0.4, -0.2) is 35.0 Å². The van der Waals surface area contributed by atoms with Crippen molar-refractivity contribution in [2.75, 3.05) is 12.4 Å². The van der Waals surface area contributed by atoms with Gasteiger partial charge in [-0.25, -0.2) is 4.79 Å². The molecule has 6 nitrogen and oxygen atoms in total. The Kier molecular flexibility index (Phi) is 7.06. The number of thiocarbonyl (C=S) groups is 1. The van der Waals surface area contributed by atoms with Gasteiger partial charge in [-0.1, -0.05) is 32.9 Å². The number of esters is 1. The van der Waals surface area contributed by atoms with Gasteiger partial charge in [-0.05, 0) is 56.1 Å². The maximum atomic E-state index is 12.8. The number of ether oxygens (including phenoxy) is 1. The second-order valence-electron chi connectivity index (χ2n) is 8.81. The standard InChI is InChI=1S/C22H31N3O3S/c1-13(2)28-20(27)18-14(3)25(7)21(29)24-19(18)15-9-8-10-16(11-15)23-17(26)12-22(4,5)6/h8-11,13,19H,12H2,1-7H3,(H,23,26)(H,24,29). The summed E-state index contributed by atoms with van der Waals surface area (Å²) >= 11 is 5.43.